The molecule has 5 nitrogen and oxygen atoms in total. The molecule has 0 spiro atoms. The van der Waals surface area contributed by atoms with Crippen LogP contribution >= 0.6 is 0 Å². The number of rotatable bonds is 4. The molecule has 2 fully saturated rings. The third-order valence-corrected chi connectivity index (χ3v) is 5.76. The van der Waals surface area contributed by atoms with Gasteiger partial charge >= 0.3 is 0 Å². The van der Waals surface area contributed by atoms with Gasteiger partial charge in [-0.3, -0.25) is 19.6 Å². The van der Waals surface area contributed by atoms with Crippen LogP contribution in [0.25, 0.3) is 0 Å². The van der Waals surface area contributed by atoms with Crippen molar-refractivity contribution in [3.8, 4) is 0 Å². The molecular weight excluding hydrogens is 312 g/mol. The van der Waals surface area contributed by atoms with Crippen LogP contribution in [-0.2, 0) is 11.3 Å². The molecule has 3 atom stereocenters. The number of aromatic nitrogens is 1. The lowest BCUT2D eigenvalue weighted by Gasteiger charge is -2.45. The summed E-state index contributed by atoms with van der Waals surface area (Å²) in [6.45, 7) is 12.4. The fourth-order valence-corrected chi connectivity index (χ4v) is 4.57. The molecule has 0 saturated carbocycles. The second-order valence-corrected chi connectivity index (χ2v) is 7.71. The number of pyridine rings is 1. The summed E-state index contributed by atoms with van der Waals surface area (Å²) in [5.41, 5.74) is 1.23. The van der Waals surface area contributed by atoms with Crippen molar-refractivity contribution in [3.05, 3.63) is 30.1 Å². The number of carbonyl (C=O) groups excluding carboxylic acids is 1. The molecule has 0 N–H and O–H groups in total. The maximum absolute atomic E-state index is 13.1. The van der Waals surface area contributed by atoms with Gasteiger partial charge in [0.25, 0.3) is 0 Å². The Hall–Kier alpha value is -1.46. The normalized spacial score (nSPS) is 28.9. The van der Waals surface area contributed by atoms with E-state index >= 15 is 0 Å². The number of piperidine rings is 1. The Morgan fingerprint density at radius 3 is 2.64 bits per heavy atom. The van der Waals surface area contributed by atoms with Crippen molar-refractivity contribution in [2.45, 2.75) is 52.2 Å². The van der Waals surface area contributed by atoms with E-state index < -0.39 is 0 Å². The van der Waals surface area contributed by atoms with Crippen LogP contribution in [0.15, 0.2) is 24.5 Å². The Morgan fingerprint density at radius 2 is 2.00 bits per heavy atom. The number of nitrogens with zero attached hydrogens (tertiary/aromatic N) is 4. The summed E-state index contributed by atoms with van der Waals surface area (Å²) >= 11 is 0. The van der Waals surface area contributed by atoms with Crippen molar-refractivity contribution >= 4 is 5.91 Å². The fourth-order valence-electron chi connectivity index (χ4n) is 4.57. The van der Waals surface area contributed by atoms with E-state index in [0.717, 1.165) is 52.1 Å². The van der Waals surface area contributed by atoms with Crippen molar-refractivity contribution in [2.24, 2.45) is 5.92 Å². The molecule has 1 amide bonds. The first-order chi connectivity index (χ1) is 12.1. The lowest BCUT2D eigenvalue weighted by Crippen LogP contribution is -2.59. The average Bonchev–Trinajstić information content (AvgIpc) is 2.62. The van der Waals surface area contributed by atoms with Crippen LogP contribution in [0.4, 0.5) is 0 Å². The highest BCUT2D eigenvalue weighted by Gasteiger charge is 2.35. The van der Waals surface area contributed by atoms with Gasteiger partial charge < -0.3 is 4.90 Å². The minimum atomic E-state index is 0.151. The monoisotopic (exact) mass is 344 g/mol. The van der Waals surface area contributed by atoms with E-state index in [9.17, 15) is 4.79 Å². The number of carbonyl (C=O) groups is 1. The Bertz CT molecular complexity index is 552. The molecule has 1 unspecified atom stereocenters. The molecule has 5 heteroatoms. The van der Waals surface area contributed by atoms with Gasteiger partial charge in [-0.05, 0) is 51.4 Å². The third-order valence-electron chi connectivity index (χ3n) is 5.76. The molecule has 0 aromatic carbocycles. The van der Waals surface area contributed by atoms with Crippen molar-refractivity contribution in [3.63, 3.8) is 0 Å². The van der Waals surface area contributed by atoms with Gasteiger partial charge in [0.05, 0.1) is 5.92 Å². The highest BCUT2D eigenvalue weighted by atomic mass is 16.2. The Labute approximate surface area is 152 Å². The smallest absolute Gasteiger partial charge is 0.227 e. The number of hydrogen-bond donors (Lipinski definition) is 0. The van der Waals surface area contributed by atoms with Gasteiger partial charge in [0.15, 0.2) is 0 Å². The van der Waals surface area contributed by atoms with E-state index in [1.165, 1.54) is 5.56 Å². The fraction of sp³-hybridized carbons (Fsp3) is 0.700. The first-order valence-electron chi connectivity index (χ1n) is 9.74. The van der Waals surface area contributed by atoms with Crippen molar-refractivity contribution in [1.82, 2.24) is 19.7 Å². The predicted molar refractivity (Wildman–Crippen MR) is 100 cm³/mol. The van der Waals surface area contributed by atoms with Crippen molar-refractivity contribution in [1.29, 1.82) is 0 Å². The molecule has 3 heterocycles. The number of amides is 1. The summed E-state index contributed by atoms with van der Waals surface area (Å²) < 4.78 is 0. The van der Waals surface area contributed by atoms with Gasteiger partial charge in [-0.25, -0.2) is 0 Å². The number of likely N-dealkylation sites (tertiary alicyclic amines) is 1. The van der Waals surface area contributed by atoms with E-state index in [4.69, 9.17) is 0 Å². The van der Waals surface area contributed by atoms with Gasteiger partial charge in [-0.1, -0.05) is 13.0 Å². The lowest BCUT2D eigenvalue weighted by atomic mass is 9.95. The molecule has 0 aliphatic carbocycles. The van der Waals surface area contributed by atoms with E-state index in [-0.39, 0.29) is 5.92 Å². The zero-order valence-electron chi connectivity index (χ0n) is 15.9. The van der Waals surface area contributed by atoms with Gasteiger partial charge in [-0.2, -0.15) is 0 Å². The lowest BCUT2D eigenvalue weighted by molar-refractivity contribution is -0.141. The van der Waals surface area contributed by atoms with Crippen molar-refractivity contribution < 1.29 is 4.79 Å². The standard InChI is InChI=1S/C20H32N4O/c1-4-24-16(2)12-23(13-17(24)3)20(25)19-8-6-10-22(15-19)14-18-7-5-9-21-11-18/h5,7,9,11,16-17,19H,4,6,8,10,12-15H2,1-3H3/t16-,17+,19?. The molecule has 1 aromatic heterocycles. The second kappa shape index (κ2) is 8.28. The quantitative estimate of drug-likeness (QED) is 0.840. The third kappa shape index (κ3) is 4.39. The molecule has 2 saturated heterocycles. The second-order valence-electron chi connectivity index (χ2n) is 7.71. The predicted octanol–water partition coefficient (Wildman–Crippen LogP) is 2.23. The van der Waals surface area contributed by atoms with Crippen molar-refractivity contribution in [2.75, 3.05) is 32.7 Å². The Morgan fingerprint density at radius 1 is 1.24 bits per heavy atom. The largest absolute Gasteiger partial charge is 0.339 e. The molecule has 1 aromatic rings. The van der Waals surface area contributed by atoms with Crippen LogP contribution in [0.1, 0.15) is 39.2 Å². The van der Waals surface area contributed by atoms with Crippen LogP contribution in [0.2, 0.25) is 0 Å². The number of piperazine rings is 1. The van der Waals surface area contributed by atoms with E-state index in [2.05, 4.69) is 46.5 Å². The molecule has 0 radical (unpaired) electrons. The van der Waals surface area contributed by atoms with Gasteiger partial charge in [-0.15, -0.1) is 0 Å². The van der Waals surface area contributed by atoms with E-state index in [1.807, 2.05) is 18.5 Å². The molecule has 25 heavy (non-hydrogen) atoms. The topological polar surface area (TPSA) is 39.7 Å². The van der Waals surface area contributed by atoms with Crippen LogP contribution in [-0.4, -0.2) is 70.4 Å². The molecule has 0 bridgehead atoms. The molecule has 2 aliphatic rings. The summed E-state index contributed by atoms with van der Waals surface area (Å²) in [4.78, 5) is 24.3. The van der Waals surface area contributed by atoms with Gasteiger partial charge in [0, 0.05) is 50.7 Å². The number of likely N-dealkylation sites (N-methyl/N-ethyl adjacent to an activating group) is 1. The SMILES string of the molecule is CCN1[C@H](C)CN(C(=O)C2CCCN(Cc3cccnc3)C2)C[C@@H]1C. The highest BCUT2D eigenvalue weighted by molar-refractivity contribution is 5.79. The Balaban J connectivity index is 1.58. The summed E-state index contributed by atoms with van der Waals surface area (Å²) in [5.74, 6) is 0.517. The minimum Gasteiger partial charge on any atom is -0.339 e. The molecule has 3 rings (SSSR count). The van der Waals surface area contributed by atoms with Crippen LogP contribution in [0.3, 0.4) is 0 Å². The maximum atomic E-state index is 13.1. The first-order valence-corrected chi connectivity index (χ1v) is 9.74. The van der Waals surface area contributed by atoms with Crippen LogP contribution in [0, 0.1) is 5.92 Å². The summed E-state index contributed by atoms with van der Waals surface area (Å²) in [7, 11) is 0. The van der Waals surface area contributed by atoms with Gasteiger partial charge in [0.1, 0.15) is 0 Å². The summed E-state index contributed by atoms with van der Waals surface area (Å²) in [6.07, 6.45) is 5.87. The zero-order chi connectivity index (χ0) is 17.8. The minimum absolute atomic E-state index is 0.151. The molecular formula is C20H32N4O. The zero-order valence-corrected chi connectivity index (χ0v) is 15.9. The van der Waals surface area contributed by atoms with E-state index in [0.29, 0.717) is 18.0 Å². The summed E-state index contributed by atoms with van der Waals surface area (Å²) in [5, 5.41) is 0. The number of hydrogen-bond acceptors (Lipinski definition) is 4. The average molecular weight is 345 g/mol. The highest BCUT2D eigenvalue weighted by Crippen LogP contribution is 2.23. The van der Waals surface area contributed by atoms with Gasteiger partial charge in [0.2, 0.25) is 5.91 Å². The molecule has 2 aliphatic heterocycles. The van der Waals surface area contributed by atoms with Crippen LogP contribution in [0.5, 0.6) is 0 Å². The van der Waals surface area contributed by atoms with E-state index in [1.54, 1.807) is 0 Å². The maximum Gasteiger partial charge on any atom is 0.227 e. The first kappa shape index (κ1) is 18.3. The molecule has 138 valence electrons. The Kier molecular flexibility index (Phi) is 6.07. The summed E-state index contributed by atoms with van der Waals surface area (Å²) in [6, 6.07) is 5.00. The van der Waals surface area contributed by atoms with Crippen LogP contribution < -0.4 is 0 Å².